The van der Waals surface area contributed by atoms with Crippen molar-refractivity contribution in [3.8, 4) is 17.0 Å². The highest BCUT2D eigenvalue weighted by atomic mass is 32.1. The number of anilines is 1. The summed E-state index contributed by atoms with van der Waals surface area (Å²) in [4.78, 5) is 30.7. The van der Waals surface area contributed by atoms with E-state index in [0.717, 1.165) is 22.1 Å². The maximum absolute atomic E-state index is 11.9. The number of hydrogen-bond donors (Lipinski definition) is 3. The Balaban J connectivity index is 1.81. The minimum absolute atomic E-state index is 0.0667. The van der Waals surface area contributed by atoms with Gasteiger partial charge in [-0.3, -0.25) is 9.59 Å². The molecule has 0 aliphatic carbocycles. The van der Waals surface area contributed by atoms with E-state index < -0.39 is 11.5 Å². The number of aryl methyl sites for hydroxylation is 1. The fourth-order valence-corrected chi connectivity index (χ4v) is 3.37. The van der Waals surface area contributed by atoms with Crippen LogP contribution in [-0.2, 0) is 13.0 Å². The van der Waals surface area contributed by atoms with Gasteiger partial charge in [0.2, 0.25) is 0 Å². The molecule has 140 valence electrons. The molecular weight excluding hydrogens is 364 g/mol. The average Bonchev–Trinajstić information content (AvgIpc) is 3.15. The number of aromatic amines is 1. The van der Waals surface area contributed by atoms with Gasteiger partial charge in [0.1, 0.15) is 11.3 Å². The highest BCUT2D eigenvalue weighted by Gasteiger charge is 2.15. The zero-order valence-electron chi connectivity index (χ0n) is 15.0. The zero-order valence-corrected chi connectivity index (χ0v) is 15.9. The zero-order chi connectivity index (χ0) is 19.4. The minimum Gasteiger partial charge on any atom is -0.497 e. The van der Waals surface area contributed by atoms with E-state index in [-0.39, 0.29) is 5.56 Å². The molecule has 0 aliphatic heterocycles. The highest BCUT2D eigenvalue weighted by Crippen LogP contribution is 2.27. The Morgan fingerprint density at radius 3 is 2.70 bits per heavy atom. The van der Waals surface area contributed by atoms with Crippen LogP contribution in [0, 0.1) is 0 Å². The Morgan fingerprint density at radius 1 is 1.33 bits per heavy atom. The molecule has 3 aromatic rings. The van der Waals surface area contributed by atoms with Gasteiger partial charge in [-0.15, -0.1) is 11.3 Å². The molecule has 2 heterocycles. The van der Waals surface area contributed by atoms with E-state index in [9.17, 15) is 9.59 Å². The van der Waals surface area contributed by atoms with E-state index >= 15 is 0 Å². The van der Waals surface area contributed by atoms with Gasteiger partial charge in [0, 0.05) is 23.2 Å². The number of hydrogen-bond acceptors (Lipinski definition) is 6. The number of nitrogens with one attached hydrogen (secondary N) is 2. The molecule has 1 aromatic carbocycles. The molecular formula is C19H20N4O3S. The van der Waals surface area contributed by atoms with Crippen LogP contribution in [0.1, 0.15) is 28.5 Å². The fourth-order valence-electron chi connectivity index (χ4n) is 2.66. The monoisotopic (exact) mass is 384 g/mol. The molecule has 8 heteroatoms. The minimum atomic E-state index is -0.756. The van der Waals surface area contributed by atoms with E-state index in [0.29, 0.717) is 24.2 Å². The lowest BCUT2D eigenvalue weighted by Crippen LogP contribution is -2.24. The van der Waals surface area contributed by atoms with Crippen LogP contribution in [0.5, 0.6) is 5.75 Å². The number of amides is 1. The molecule has 0 spiro atoms. The Hall–Kier alpha value is -3.13. The largest absolute Gasteiger partial charge is 0.497 e. The normalized spacial score (nSPS) is 10.6. The molecule has 4 N–H and O–H groups in total. The molecule has 0 fully saturated rings. The number of nitrogens with two attached hydrogens (primary N) is 1. The number of ether oxygens (including phenoxy) is 1. The summed E-state index contributed by atoms with van der Waals surface area (Å²) in [5, 5.41) is 5.91. The smallest absolute Gasteiger partial charge is 0.261 e. The van der Waals surface area contributed by atoms with Crippen LogP contribution < -0.4 is 21.3 Å². The molecule has 27 heavy (non-hydrogen) atoms. The van der Waals surface area contributed by atoms with E-state index in [4.69, 9.17) is 10.5 Å². The van der Waals surface area contributed by atoms with Gasteiger partial charge in [0.05, 0.1) is 12.8 Å². The number of thiazole rings is 1. The molecule has 0 radical (unpaired) electrons. The van der Waals surface area contributed by atoms with Crippen LogP contribution in [0.3, 0.4) is 0 Å². The number of carbonyl (C=O) groups excluding carboxylic acids is 1. The predicted octanol–water partition coefficient (Wildman–Crippen LogP) is 2.78. The van der Waals surface area contributed by atoms with E-state index in [2.05, 4.69) is 15.3 Å². The molecule has 0 aliphatic rings. The Bertz CT molecular complexity index is 1010. The second-order valence-corrected chi connectivity index (χ2v) is 6.72. The standard InChI is InChI=1S/C19H20N4O3S/c1-3-15-13(8-14(17(20)24)18(25)22-15)16-10-27-19(23-16)21-9-11-4-6-12(26-2)7-5-11/h4-8,10H,3,9H2,1-2H3,(H2,20,24)(H,21,23)(H,22,25). The third-order valence-corrected chi connectivity index (χ3v) is 4.92. The van der Waals surface area contributed by atoms with Crippen LogP contribution >= 0.6 is 11.3 Å². The Morgan fingerprint density at radius 2 is 2.07 bits per heavy atom. The molecule has 0 saturated carbocycles. The number of carbonyl (C=O) groups is 1. The summed E-state index contributed by atoms with van der Waals surface area (Å²) in [5.41, 5.74) is 7.96. The third-order valence-electron chi connectivity index (χ3n) is 4.12. The molecule has 0 atom stereocenters. The summed E-state index contributed by atoms with van der Waals surface area (Å²) < 4.78 is 5.15. The summed E-state index contributed by atoms with van der Waals surface area (Å²) in [6, 6.07) is 9.29. The fraction of sp³-hybridized carbons (Fsp3) is 0.211. The highest BCUT2D eigenvalue weighted by molar-refractivity contribution is 7.14. The van der Waals surface area contributed by atoms with Gasteiger partial charge in [-0.2, -0.15) is 0 Å². The molecule has 3 rings (SSSR count). The lowest BCUT2D eigenvalue weighted by Gasteiger charge is -2.07. The number of nitrogens with zero attached hydrogens (tertiary/aromatic N) is 1. The SMILES string of the molecule is CCc1[nH]c(=O)c(C(N)=O)cc1-c1csc(NCc2ccc(OC)cc2)n1. The second-order valence-electron chi connectivity index (χ2n) is 5.86. The summed E-state index contributed by atoms with van der Waals surface area (Å²) >= 11 is 1.45. The first-order chi connectivity index (χ1) is 13.0. The summed E-state index contributed by atoms with van der Waals surface area (Å²) in [7, 11) is 1.63. The number of methoxy groups -OCH3 is 1. The summed E-state index contributed by atoms with van der Waals surface area (Å²) in [6.45, 7) is 2.55. The van der Waals surface area contributed by atoms with Gasteiger partial charge >= 0.3 is 0 Å². The molecule has 0 bridgehead atoms. The van der Waals surface area contributed by atoms with Crippen molar-refractivity contribution in [3.63, 3.8) is 0 Å². The van der Waals surface area contributed by atoms with Gasteiger partial charge < -0.3 is 20.8 Å². The van der Waals surface area contributed by atoms with Crippen molar-refractivity contribution in [1.29, 1.82) is 0 Å². The van der Waals surface area contributed by atoms with Gasteiger partial charge in [-0.05, 0) is 30.2 Å². The molecule has 0 unspecified atom stereocenters. The maximum Gasteiger partial charge on any atom is 0.261 e. The quantitative estimate of drug-likeness (QED) is 0.580. The van der Waals surface area contributed by atoms with Crippen LogP contribution in [0.2, 0.25) is 0 Å². The first-order valence-corrected chi connectivity index (χ1v) is 9.28. The molecule has 1 amide bonds. The predicted molar refractivity (Wildman–Crippen MR) is 106 cm³/mol. The molecule has 0 saturated heterocycles. The first-order valence-electron chi connectivity index (χ1n) is 8.40. The van der Waals surface area contributed by atoms with Gasteiger partial charge in [-0.25, -0.2) is 4.98 Å². The van der Waals surface area contributed by atoms with Gasteiger partial charge in [0.25, 0.3) is 11.5 Å². The van der Waals surface area contributed by atoms with Crippen LogP contribution in [0.25, 0.3) is 11.3 Å². The van der Waals surface area contributed by atoms with Crippen molar-refractivity contribution in [2.45, 2.75) is 19.9 Å². The first kappa shape index (κ1) is 18.7. The third kappa shape index (κ3) is 4.17. The Labute approximate surface area is 160 Å². The van der Waals surface area contributed by atoms with E-state index in [1.54, 1.807) is 7.11 Å². The van der Waals surface area contributed by atoms with Crippen molar-refractivity contribution < 1.29 is 9.53 Å². The topological polar surface area (TPSA) is 110 Å². The van der Waals surface area contributed by atoms with Crippen LogP contribution in [-0.4, -0.2) is 23.0 Å². The van der Waals surface area contributed by atoms with Crippen molar-refractivity contribution in [3.05, 3.63) is 62.9 Å². The van der Waals surface area contributed by atoms with Crippen molar-refractivity contribution in [2.24, 2.45) is 5.73 Å². The van der Waals surface area contributed by atoms with E-state index in [1.807, 2.05) is 36.6 Å². The van der Waals surface area contributed by atoms with Crippen LogP contribution in [0.15, 0.2) is 40.5 Å². The Kier molecular flexibility index (Phi) is 5.56. The maximum atomic E-state index is 11.9. The van der Waals surface area contributed by atoms with Crippen molar-refractivity contribution in [1.82, 2.24) is 9.97 Å². The number of H-pyrrole nitrogens is 1. The van der Waals surface area contributed by atoms with Crippen molar-refractivity contribution in [2.75, 3.05) is 12.4 Å². The lowest BCUT2D eigenvalue weighted by atomic mass is 10.1. The van der Waals surface area contributed by atoms with Crippen LogP contribution in [0.4, 0.5) is 5.13 Å². The summed E-state index contributed by atoms with van der Waals surface area (Å²) in [6.07, 6.45) is 0.607. The molecule has 2 aromatic heterocycles. The summed E-state index contributed by atoms with van der Waals surface area (Å²) in [5.74, 6) is 0.0546. The second kappa shape index (κ2) is 8.05. The number of rotatable bonds is 7. The number of benzene rings is 1. The van der Waals surface area contributed by atoms with Gasteiger partial charge in [-0.1, -0.05) is 19.1 Å². The molecule has 7 nitrogen and oxygen atoms in total. The van der Waals surface area contributed by atoms with Crippen molar-refractivity contribution >= 4 is 22.4 Å². The average molecular weight is 384 g/mol. The van der Waals surface area contributed by atoms with E-state index in [1.165, 1.54) is 17.4 Å². The van der Waals surface area contributed by atoms with Gasteiger partial charge in [0.15, 0.2) is 5.13 Å². The number of primary amides is 1. The number of pyridine rings is 1. The lowest BCUT2D eigenvalue weighted by molar-refractivity contribution is 0.0999. The number of aromatic nitrogens is 2.